The van der Waals surface area contributed by atoms with Gasteiger partial charge in [0.2, 0.25) is 0 Å². The summed E-state index contributed by atoms with van der Waals surface area (Å²) in [5.74, 6) is 6.57. The van der Waals surface area contributed by atoms with Gasteiger partial charge in [0.25, 0.3) is 0 Å². The van der Waals surface area contributed by atoms with E-state index in [0.717, 1.165) is 21.2 Å². The second kappa shape index (κ2) is 6.11. The van der Waals surface area contributed by atoms with Gasteiger partial charge in [-0.3, -0.25) is 0 Å². The molecule has 0 atom stereocenters. The molecule has 0 amide bonds. The Balaban J connectivity index is 1.73. The van der Waals surface area contributed by atoms with Gasteiger partial charge in [0.1, 0.15) is 26.9 Å². The molecular formula is C15H11N5S. The molecule has 0 aromatic carbocycles. The van der Waals surface area contributed by atoms with E-state index in [2.05, 4.69) is 37.1 Å². The molecule has 21 heavy (non-hydrogen) atoms. The van der Waals surface area contributed by atoms with Crippen molar-refractivity contribution in [3.63, 3.8) is 0 Å². The van der Waals surface area contributed by atoms with Crippen LogP contribution in [-0.4, -0.2) is 27.0 Å². The van der Waals surface area contributed by atoms with Crippen molar-refractivity contribution >= 4 is 33.6 Å². The smallest absolute Gasteiger partial charge is 0.144 e. The fourth-order valence-electron chi connectivity index (χ4n) is 1.61. The lowest BCUT2D eigenvalue weighted by Crippen LogP contribution is -1.93. The normalized spacial score (nSPS) is 10.5. The van der Waals surface area contributed by atoms with Crippen LogP contribution in [-0.2, 0) is 0 Å². The first-order valence-electron chi connectivity index (χ1n) is 6.24. The number of rotatable bonds is 2. The number of nitrogens with zero attached hydrogens (tertiary/aromatic N) is 4. The zero-order chi connectivity index (χ0) is 14.5. The number of nitrogens with one attached hydrogen (secondary N) is 1. The fourth-order valence-corrected chi connectivity index (χ4v) is 2.42. The predicted octanol–water partition coefficient (Wildman–Crippen LogP) is 2.59. The molecule has 1 N–H and O–H groups in total. The summed E-state index contributed by atoms with van der Waals surface area (Å²) >= 11 is 1.54. The highest BCUT2D eigenvalue weighted by Gasteiger charge is 1.99. The number of fused-ring (bicyclic) bond motifs is 1. The van der Waals surface area contributed by atoms with Gasteiger partial charge >= 0.3 is 0 Å². The van der Waals surface area contributed by atoms with E-state index in [1.807, 2.05) is 18.2 Å². The van der Waals surface area contributed by atoms with Gasteiger partial charge in [-0.05, 0) is 30.2 Å². The lowest BCUT2D eigenvalue weighted by atomic mass is 10.4. The monoisotopic (exact) mass is 293 g/mol. The number of anilines is 1. The fraction of sp³-hybridized carbons (Fsp3) is 0.0667. The van der Waals surface area contributed by atoms with E-state index in [-0.39, 0.29) is 0 Å². The molecular weight excluding hydrogens is 282 g/mol. The average molecular weight is 293 g/mol. The van der Waals surface area contributed by atoms with Crippen molar-refractivity contribution < 1.29 is 0 Å². The van der Waals surface area contributed by atoms with Crippen molar-refractivity contribution in [2.24, 2.45) is 0 Å². The highest BCUT2D eigenvalue weighted by molar-refractivity contribution is 7.18. The zero-order valence-electron chi connectivity index (χ0n) is 11.2. The van der Waals surface area contributed by atoms with Crippen molar-refractivity contribution in [3.8, 4) is 11.8 Å². The summed E-state index contributed by atoms with van der Waals surface area (Å²) in [6.07, 6.45) is 8.67. The van der Waals surface area contributed by atoms with Gasteiger partial charge in [-0.25, -0.2) is 19.9 Å². The maximum Gasteiger partial charge on any atom is 0.144 e. The van der Waals surface area contributed by atoms with E-state index in [1.54, 1.807) is 31.7 Å². The lowest BCUT2D eigenvalue weighted by molar-refractivity contribution is 1.16. The van der Waals surface area contributed by atoms with Crippen LogP contribution in [0, 0.1) is 11.8 Å². The number of hydrogen-bond donors (Lipinski definition) is 1. The summed E-state index contributed by atoms with van der Waals surface area (Å²) in [5, 5.41) is 3.79. The first kappa shape index (κ1) is 13.2. The third kappa shape index (κ3) is 3.22. The lowest BCUT2D eigenvalue weighted by Gasteiger charge is -1.95. The van der Waals surface area contributed by atoms with E-state index in [0.29, 0.717) is 5.69 Å². The molecule has 0 saturated carbocycles. The Morgan fingerprint density at radius 3 is 2.95 bits per heavy atom. The van der Waals surface area contributed by atoms with Crippen molar-refractivity contribution in [3.05, 3.63) is 47.5 Å². The molecule has 0 radical (unpaired) electrons. The highest BCUT2D eigenvalue weighted by Crippen LogP contribution is 2.19. The van der Waals surface area contributed by atoms with Gasteiger partial charge in [0.05, 0.1) is 12.4 Å². The highest BCUT2D eigenvalue weighted by atomic mass is 32.1. The van der Waals surface area contributed by atoms with Gasteiger partial charge in [-0.1, -0.05) is 17.3 Å². The van der Waals surface area contributed by atoms with E-state index < -0.39 is 0 Å². The quantitative estimate of drug-likeness (QED) is 0.736. The number of hydrogen-bond acceptors (Lipinski definition) is 6. The van der Waals surface area contributed by atoms with E-state index in [9.17, 15) is 0 Å². The number of allylic oxidation sites excluding steroid dienone is 1. The molecule has 0 aliphatic carbocycles. The topological polar surface area (TPSA) is 63.6 Å². The second-order valence-electron chi connectivity index (χ2n) is 4.02. The van der Waals surface area contributed by atoms with Crippen molar-refractivity contribution in [1.82, 2.24) is 19.9 Å². The van der Waals surface area contributed by atoms with E-state index >= 15 is 0 Å². The molecule has 0 saturated heterocycles. The van der Waals surface area contributed by atoms with Gasteiger partial charge in [0, 0.05) is 13.2 Å². The van der Waals surface area contributed by atoms with Crippen LogP contribution < -0.4 is 5.32 Å². The Hall–Kier alpha value is -2.78. The van der Waals surface area contributed by atoms with Crippen molar-refractivity contribution in [1.29, 1.82) is 0 Å². The summed E-state index contributed by atoms with van der Waals surface area (Å²) in [4.78, 5) is 17.9. The molecule has 5 nitrogen and oxygen atoms in total. The maximum atomic E-state index is 4.45. The Morgan fingerprint density at radius 2 is 2.19 bits per heavy atom. The van der Waals surface area contributed by atoms with Crippen LogP contribution in [0.1, 0.15) is 10.7 Å². The Kier molecular flexibility index (Phi) is 3.85. The van der Waals surface area contributed by atoms with Gasteiger partial charge in [-0.15, -0.1) is 0 Å². The van der Waals surface area contributed by atoms with Gasteiger partial charge < -0.3 is 5.32 Å². The Labute approximate surface area is 125 Å². The molecule has 102 valence electrons. The van der Waals surface area contributed by atoms with Gasteiger partial charge in [0.15, 0.2) is 0 Å². The van der Waals surface area contributed by atoms with Gasteiger partial charge in [-0.2, -0.15) is 0 Å². The van der Waals surface area contributed by atoms with Crippen LogP contribution in [0.4, 0.5) is 5.82 Å². The number of thiazole rings is 1. The molecule has 0 aliphatic rings. The number of aromatic nitrogens is 4. The Bertz CT molecular complexity index is 807. The first-order chi connectivity index (χ1) is 10.3. The Morgan fingerprint density at radius 1 is 1.24 bits per heavy atom. The van der Waals surface area contributed by atoms with E-state index in [1.165, 1.54) is 11.3 Å². The summed E-state index contributed by atoms with van der Waals surface area (Å²) in [6, 6.07) is 3.82. The minimum atomic E-state index is 0.629. The molecule has 0 unspecified atom stereocenters. The molecule has 0 fully saturated rings. The van der Waals surface area contributed by atoms with Crippen LogP contribution in [0.25, 0.3) is 16.4 Å². The SMILES string of the molecule is CNc1cnc(C#C/C=C/c2nc3cccnc3s2)cn1. The molecule has 3 aromatic rings. The summed E-state index contributed by atoms with van der Waals surface area (Å²) in [6.45, 7) is 0. The van der Waals surface area contributed by atoms with Crippen molar-refractivity contribution in [2.75, 3.05) is 12.4 Å². The summed E-state index contributed by atoms with van der Waals surface area (Å²) in [5.41, 5.74) is 1.54. The molecule has 0 spiro atoms. The molecule has 0 bridgehead atoms. The zero-order valence-corrected chi connectivity index (χ0v) is 12.1. The van der Waals surface area contributed by atoms with Crippen LogP contribution in [0.15, 0.2) is 36.8 Å². The second-order valence-corrected chi connectivity index (χ2v) is 5.03. The summed E-state index contributed by atoms with van der Waals surface area (Å²) in [7, 11) is 1.80. The standard InChI is InChI=1S/C15H11N5S/c1-16-13-10-18-11(9-19-13)5-2-3-7-14-20-12-6-4-8-17-15(12)21-14/h3-4,6-10H,1H3,(H,16,19)/b7-3+. The van der Waals surface area contributed by atoms with Crippen LogP contribution in [0.2, 0.25) is 0 Å². The molecule has 3 aromatic heterocycles. The largest absolute Gasteiger partial charge is 0.372 e. The maximum absolute atomic E-state index is 4.45. The number of pyridine rings is 1. The minimum absolute atomic E-state index is 0.629. The molecule has 3 rings (SSSR count). The molecule has 6 heteroatoms. The summed E-state index contributed by atoms with van der Waals surface area (Å²) < 4.78 is 0. The van der Waals surface area contributed by atoms with Crippen molar-refractivity contribution in [2.45, 2.75) is 0 Å². The average Bonchev–Trinajstić information content (AvgIpc) is 2.95. The third-order valence-corrected chi connectivity index (χ3v) is 3.54. The van der Waals surface area contributed by atoms with E-state index in [4.69, 9.17) is 0 Å². The molecule has 3 heterocycles. The predicted molar refractivity (Wildman–Crippen MR) is 84.9 cm³/mol. The third-order valence-electron chi connectivity index (χ3n) is 2.60. The van der Waals surface area contributed by atoms with Crippen LogP contribution in [0.3, 0.4) is 0 Å². The first-order valence-corrected chi connectivity index (χ1v) is 7.06. The molecule has 0 aliphatic heterocycles. The van der Waals surface area contributed by atoms with Crippen LogP contribution >= 0.6 is 11.3 Å². The van der Waals surface area contributed by atoms with Crippen LogP contribution in [0.5, 0.6) is 0 Å². The minimum Gasteiger partial charge on any atom is -0.372 e.